The largest absolute Gasteiger partial charge is 0.481 e. The Balaban J connectivity index is 1.47. The van der Waals surface area contributed by atoms with Gasteiger partial charge in [0.25, 0.3) is 11.5 Å². The predicted molar refractivity (Wildman–Crippen MR) is 114 cm³/mol. The summed E-state index contributed by atoms with van der Waals surface area (Å²) in [5.41, 5.74) is 1.36. The van der Waals surface area contributed by atoms with Gasteiger partial charge in [-0.2, -0.15) is 9.78 Å². The van der Waals surface area contributed by atoms with Gasteiger partial charge in [-0.1, -0.05) is 29.8 Å². The van der Waals surface area contributed by atoms with Gasteiger partial charge in [0.1, 0.15) is 5.02 Å². The Morgan fingerprint density at radius 3 is 2.40 bits per heavy atom. The van der Waals surface area contributed by atoms with Crippen molar-refractivity contribution >= 4 is 23.2 Å². The van der Waals surface area contributed by atoms with Gasteiger partial charge in [0.2, 0.25) is 5.88 Å². The second kappa shape index (κ2) is 8.54. The summed E-state index contributed by atoms with van der Waals surface area (Å²) in [5, 5.41) is 4.40. The number of carbonyl (C=O) groups is 1. The van der Waals surface area contributed by atoms with E-state index in [4.69, 9.17) is 16.3 Å². The summed E-state index contributed by atoms with van der Waals surface area (Å²) in [6.07, 6.45) is 3.11. The van der Waals surface area contributed by atoms with Crippen LogP contribution in [0, 0.1) is 0 Å². The van der Waals surface area contributed by atoms with Gasteiger partial charge in [0.05, 0.1) is 30.2 Å². The van der Waals surface area contributed by atoms with Crippen molar-refractivity contribution in [1.82, 2.24) is 19.7 Å². The average Bonchev–Trinajstić information content (AvgIpc) is 2.81. The van der Waals surface area contributed by atoms with E-state index in [1.807, 2.05) is 23.1 Å². The Morgan fingerprint density at radius 1 is 1.03 bits per heavy atom. The van der Waals surface area contributed by atoms with Crippen molar-refractivity contribution in [3.8, 4) is 11.6 Å². The van der Waals surface area contributed by atoms with Crippen LogP contribution in [0.1, 0.15) is 10.4 Å². The molecule has 3 aromatic rings. The smallest absolute Gasteiger partial charge is 0.292 e. The number of amides is 1. The Bertz CT molecular complexity index is 1090. The number of halogens is 1. The first kappa shape index (κ1) is 19.9. The minimum atomic E-state index is -0.372. The van der Waals surface area contributed by atoms with Crippen molar-refractivity contribution in [3.63, 3.8) is 0 Å². The van der Waals surface area contributed by atoms with Crippen LogP contribution < -0.4 is 15.2 Å². The Hall–Kier alpha value is -3.39. The van der Waals surface area contributed by atoms with E-state index in [-0.39, 0.29) is 16.5 Å². The zero-order chi connectivity index (χ0) is 21.1. The molecule has 0 bridgehead atoms. The van der Waals surface area contributed by atoms with E-state index in [2.05, 4.69) is 10.1 Å². The van der Waals surface area contributed by atoms with E-state index < -0.39 is 0 Å². The lowest BCUT2D eigenvalue weighted by molar-refractivity contribution is 0.0746. The molecule has 1 amide bonds. The Morgan fingerprint density at radius 2 is 1.77 bits per heavy atom. The average molecular weight is 426 g/mol. The number of rotatable bonds is 4. The molecule has 0 N–H and O–H groups in total. The van der Waals surface area contributed by atoms with Gasteiger partial charge < -0.3 is 14.5 Å². The fraction of sp³-hybridized carbons (Fsp3) is 0.238. The van der Waals surface area contributed by atoms with Crippen LogP contribution in [0.5, 0.6) is 5.88 Å². The number of methoxy groups -OCH3 is 1. The molecule has 3 heterocycles. The number of benzene rings is 1. The second-order valence-corrected chi connectivity index (χ2v) is 7.14. The zero-order valence-corrected chi connectivity index (χ0v) is 17.1. The number of para-hydroxylation sites is 1. The van der Waals surface area contributed by atoms with E-state index in [9.17, 15) is 9.59 Å². The minimum Gasteiger partial charge on any atom is -0.481 e. The molecule has 1 aromatic carbocycles. The molecule has 0 spiro atoms. The quantitative estimate of drug-likeness (QED) is 0.637. The summed E-state index contributed by atoms with van der Waals surface area (Å²) < 4.78 is 6.31. The third kappa shape index (κ3) is 3.86. The van der Waals surface area contributed by atoms with E-state index >= 15 is 0 Å². The van der Waals surface area contributed by atoms with Gasteiger partial charge in [-0.15, -0.1) is 0 Å². The zero-order valence-electron chi connectivity index (χ0n) is 16.4. The lowest BCUT2D eigenvalue weighted by Crippen LogP contribution is -2.49. The number of anilines is 1. The molecule has 2 aromatic heterocycles. The molecule has 1 aliphatic rings. The maximum atomic E-state index is 12.7. The molecule has 0 radical (unpaired) electrons. The molecule has 0 aliphatic carbocycles. The second-order valence-electron chi connectivity index (χ2n) is 6.76. The van der Waals surface area contributed by atoms with Gasteiger partial charge in [-0.3, -0.25) is 9.59 Å². The fourth-order valence-corrected chi connectivity index (χ4v) is 3.61. The molecule has 4 rings (SSSR count). The van der Waals surface area contributed by atoms with Crippen LogP contribution in [-0.2, 0) is 0 Å². The van der Waals surface area contributed by atoms with Gasteiger partial charge in [-0.25, -0.2) is 4.98 Å². The number of hydrogen-bond acceptors (Lipinski definition) is 6. The maximum absolute atomic E-state index is 12.7. The van der Waals surface area contributed by atoms with Crippen LogP contribution >= 0.6 is 11.6 Å². The first-order chi connectivity index (χ1) is 14.6. The number of ether oxygens (including phenoxy) is 1. The van der Waals surface area contributed by atoms with Crippen molar-refractivity contribution < 1.29 is 9.53 Å². The van der Waals surface area contributed by atoms with Crippen LogP contribution in [0.4, 0.5) is 5.69 Å². The monoisotopic (exact) mass is 425 g/mol. The topological polar surface area (TPSA) is 80.6 Å². The Labute approximate surface area is 178 Å². The highest BCUT2D eigenvalue weighted by molar-refractivity contribution is 6.33. The van der Waals surface area contributed by atoms with Gasteiger partial charge in [0.15, 0.2) is 0 Å². The van der Waals surface area contributed by atoms with Crippen LogP contribution in [0.15, 0.2) is 59.7 Å². The number of nitrogens with zero attached hydrogens (tertiary/aromatic N) is 5. The molecule has 0 saturated carbocycles. The minimum absolute atomic E-state index is 0.0893. The third-order valence-corrected chi connectivity index (χ3v) is 5.36. The number of pyridine rings is 1. The first-order valence-corrected chi connectivity index (χ1v) is 9.84. The summed E-state index contributed by atoms with van der Waals surface area (Å²) >= 11 is 6.39. The predicted octanol–water partition coefficient (Wildman–Crippen LogP) is 2.25. The lowest BCUT2D eigenvalue weighted by atomic mass is 10.2. The molecule has 1 fully saturated rings. The number of piperazine rings is 1. The summed E-state index contributed by atoms with van der Waals surface area (Å²) in [4.78, 5) is 33.2. The molecule has 8 nitrogen and oxygen atoms in total. The van der Waals surface area contributed by atoms with Crippen LogP contribution in [0.25, 0.3) is 5.69 Å². The van der Waals surface area contributed by atoms with Crippen molar-refractivity contribution in [2.75, 3.05) is 38.2 Å². The van der Waals surface area contributed by atoms with Crippen LogP contribution in [0.3, 0.4) is 0 Å². The van der Waals surface area contributed by atoms with Crippen molar-refractivity contribution in [1.29, 1.82) is 0 Å². The maximum Gasteiger partial charge on any atom is 0.292 e. The van der Waals surface area contributed by atoms with Gasteiger partial charge in [0, 0.05) is 38.4 Å². The molecule has 0 unspecified atom stereocenters. The highest BCUT2D eigenvalue weighted by Gasteiger charge is 2.25. The molecule has 1 aliphatic heterocycles. The Kier molecular flexibility index (Phi) is 5.67. The van der Waals surface area contributed by atoms with Gasteiger partial charge >= 0.3 is 0 Å². The number of aromatic nitrogens is 3. The van der Waals surface area contributed by atoms with Crippen molar-refractivity contribution in [3.05, 3.63) is 75.8 Å². The normalized spacial score (nSPS) is 13.9. The summed E-state index contributed by atoms with van der Waals surface area (Å²) in [7, 11) is 1.53. The van der Waals surface area contributed by atoms with E-state index in [0.717, 1.165) is 0 Å². The third-order valence-electron chi connectivity index (χ3n) is 5.00. The van der Waals surface area contributed by atoms with Crippen LogP contribution in [0.2, 0.25) is 5.02 Å². The summed E-state index contributed by atoms with van der Waals surface area (Å²) in [6, 6.07) is 12.5. The molecule has 30 heavy (non-hydrogen) atoms. The number of carbonyl (C=O) groups excluding carboxylic acids is 1. The molecule has 0 atom stereocenters. The van der Waals surface area contributed by atoms with Crippen molar-refractivity contribution in [2.24, 2.45) is 0 Å². The summed E-state index contributed by atoms with van der Waals surface area (Å²) in [6.45, 7) is 2.10. The van der Waals surface area contributed by atoms with E-state index in [1.165, 1.54) is 18.0 Å². The van der Waals surface area contributed by atoms with Crippen LogP contribution in [-0.4, -0.2) is 58.9 Å². The highest BCUT2D eigenvalue weighted by Crippen LogP contribution is 2.23. The van der Waals surface area contributed by atoms with Crippen molar-refractivity contribution in [2.45, 2.75) is 0 Å². The first-order valence-electron chi connectivity index (χ1n) is 9.46. The molecule has 9 heteroatoms. The van der Waals surface area contributed by atoms with Gasteiger partial charge in [-0.05, 0) is 18.2 Å². The highest BCUT2D eigenvalue weighted by atomic mass is 35.5. The molecule has 1 saturated heterocycles. The summed E-state index contributed by atoms with van der Waals surface area (Å²) in [5.74, 6) is 0.372. The fourth-order valence-electron chi connectivity index (χ4n) is 3.36. The SMILES string of the molecule is COc1ccc(C(=O)N2CCN(c3cnn(-c4ccccc4)c(=O)c3Cl)CC2)cn1. The molecular weight excluding hydrogens is 406 g/mol. The number of hydrogen-bond donors (Lipinski definition) is 0. The van der Waals surface area contributed by atoms with E-state index in [0.29, 0.717) is 49.0 Å². The van der Waals surface area contributed by atoms with E-state index in [1.54, 1.807) is 35.4 Å². The molecule has 154 valence electrons. The lowest BCUT2D eigenvalue weighted by Gasteiger charge is -2.36. The standard InChI is InChI=1S/C21H20ClN5O3/c1-30-18-8-7-15(13-23-18)20(28)26-11-9-25(10-12-26)17-14-24-27(21(29)19(17)22)16-5-3-2-4-6-16/h2-8,13-14H,9-12H2,1H3. The molecular formula is C21H20ClN5O3.